The summed E-state index contributed by atoms with van der Waals surface area (Å²) in [4.78, 5) is 15.2. The first-order valence-corrected chi connectivity index (χ1v) is 16.0. The maximum atomic E-state index is 6.88. The number of hydrogen-bond acceptors (Lipinski definition) is 5. The van der Waals surface area contributed by atoms with Crippen LogP contribution in [0, 0.1) is 0 Å². The van der Waals surface area contributed by atoms with Crippen LogP contribution in [0.2, 0.25) is 0 Å². The van der Waals surface area contributed by atoms with Crippen LogP contribution in [0.1, 0.15) is 31.4 Å². The summed E-state index contributed by atoms with van der Waals surface area (Å²) >= 11 is 0. The van der Waals surface area contributed by atoms with Gasteiger partial charge in [-0.2, -0.15) is 0 Å². The van der Waals surface area contributed by atoms with E-state index in [1.807, 2.05) is 78.9 Å². The highest BCUT2D eigenvalue weighted by molar-refractivity contribution is 5.88. The van der Waals surface area contributed by atoms with Gasteiger partial charge in [0.15, 0.2) is 35.1 Å². The van der Waals surface area contributed by atoms with Crippen LogP contribution in [0.25, 0.3) is 50.9 Å². The molecular formula is C42H31N3O2. The van der Waals surface area contributed by atoms with Crippen molar-refractivity contribution in [1.29, 1.82) is 0 Å². The zero-order valence-electron chi connectivity index (χ0n) is 26.1. The van der Waals surface area contributed by atoms with Crippen molar-refractivity contribution >= 4 is 5.57 Å². The summed E-state index contributed by atoms with van der Waals surface area (Å²) in [5.74, 6) is 3.88. The van der Waals surface area contributed by atoms with Crippen LogP contribution in [-0.2, 0) is 5.41 Å². The van der Waals surface area contributed by atoms with Gasteiger partial charge in [-0.3, -0.25) is 0 Å². The standard InChI is InChI=1S/C42H31N3O2/c1-42(2)33-22-12-11-19-29(33)32-24-36-37(25-34(32)42)47-38-31(21-13-23-35(38)46-36)41-44-39(27-16-7-4-8-17-27)43-40(45-41)30-20-10-9-18-28(30)26-14-5-3-6-15-26/h3-24,37H,25H2,1-2H3. The third-order valence-electron chi connectivity index (χ3n) is 9.59. The summed E-state index contributed by atoms with van der Waals surface area (Å²) in [5.41, 5.74) is 9.95. The molecule has 0 spiro atoms. The predicted molar refractivity (Wildman–Crippen MR) is 186 cm³/mol. The number of fused-ring (bicyclic) bond motifs is 4. The minimum atomic E-state index is -0.246. The lowest BCUT2D eigenvalue weighted by Gasteiger charge is -2.35. The molecule has 0 N–H and O–H groups in total. The molecule has 1 aromatic heterocycles. The number of allylic oxidation sites excluding steroid dienone is 2. The van der Waals surface area contributed by atoms with Crippen molar-refractivity contribution in [3.8, 4) is 56.8 Å². The maximum absolute atomic E-state index is 6.88. The van der Waals surface area contributed by atoms with E-state index >= 15 is 0 Å². The highest BCUT2D eigenvalue weighted by Gasteiger charge is 2.43. The third-order valence-corrected chi connectivity index (χ3v) is 9.59. The van der Waals surface area contributed by atoms with Crippen LogP contribution in [0.4, 0.5) is 0 Å². The number of para-hydroxylation sites is 1. The summed E-state index contributed by atoms with van der Waals surface area (Å²) < 4.78 is 13.5. The normalized spacial score (nSPS) is 17.0. The zero-order valence-corrected chi connectivity index (χ0v) is 26.1. The number of nitrogens with zero attached hydrogens (tertiary/aromatic N) is 3. The SMILES string of the molecule is CC1(C)C2=C(C=C3Oc4cccc(-c5nc(-c6ccccc6)nc(-c6ccccc6-c6ccccc6)n5)c4OC3C2)c2ccccc21. The van der Waals surface area contributed by atoms with Crippen LogP contribution in [0.3, 0.4) is 0 Å². The Balaban J connectivity index is 1.17. The van der Waals surface area contributed by atoms with Crippen molar-refractivity contribution in [3.05, 3.63) is 156 Å². The van der Waals surface area contributed by atoms with Gasteiger partial charge in [0, 0.05) is 23.0 Å². The van der Waals surface area contributed by atoms with Crippen molar-refractivity contribution in [3.63, 3.8) is 0 Å². The number of hydrogen-bond donors (Lipinski definition) is 0. The molecule has 0 saturated heterocycles. The Labute approximate surface area is 273 Å². The van der Waals surface area contributed by atoms with Gasteiger partial charge in [0.25, 0.3) is 0 Å². The average molecular weight is 610 g/mol. The fourth-order valence-electron chi connectivity index (χ4n) is 7.21. The molecule has 1 atom stereocenters. The minimum absolute atomic E-state index is 0.0864. The molecular weight excluding hydrogens is 578 g/mol. The van der Waals surface area contributed by atoms with E-state index in [1.54, 1.807) is 0 Å². The molecule has 1 unspecified atom stereocenters. The summed E-state index contributed by atoms with van der Waals surface area (Å²) in [7, 11) is 0. The van der Waals surface area contributed by atoms with Gasteiger partial charge >= 0.3 is 0 Å². The fraction of sp³-hybridized carbons (Fsp3) is 0.119. The number of rotatable bonds is 4. The molecule has 0 fully saturated rings. The van der Waals surface area contributed by atoms with Gasteiger partial charge in [-0.1, -0.05) is 129 Å². The van der Waals surface area contributed by atoms with Crippen LogP contribution < -0.4 is 9.47 Å². The summed E-state index contributed by atoms with van der Waals surface area (Å²) in [6, 6.07) is 43.3. The van der Waals surface area contributed by atoms with E-state index in [9.17, 15) is 0 Å². The van der Waals surface area contributed by atoms with Crippen molar-refractivity contribution in [2.75, 3.05) is 0 Å². The van der Waals surface area contributed by atoms with Crippen molar-refractivity contribution in [2.24, 2.45) is 0 Å². The van der Waals surface area contributed by atoms with E-state index < -0.39 is 0 Å². The van der Waals surface area contributed by atoms with Crippen molar-refractivity contribution in [1.82, 2.24) is 15.0 Å². The smallest absolute Gasteiger partial charge is 0.173 e. The summed E-state index contributed by atoms with van der Waals surface area (Å²) in [5, 5.41) is 0. The lowest BCUT2D eigenvalue weighted by molar-refractivity contribution is 0.143. The topological polar surface area (TPSA) is 57.1 Å². The maximum Gasteiger partial charge on any atom is 0.173 e. The van der Waals surface area contributed by atoms with Crippen LogP contribution in [-0.4, -0.2) is 21.1 Å². The number of ether oxygens (including phenoxy) is 2. The molecule has 2 heterocycles. The van der Waals surface area contributed by atoms with E-state index in [0.717, 1.165) is 40.0 Å². The molecule has 5 heteroatoms. The molecule has 0 saturated carbocycles. The van der Waals surface area contributed by atoms with Crippen molar-refractivity contribution < 1.29 is 9.47 Å². The van der Waals surface area contributed by atoms with E-state index in [1.165, 1.54) is 22.3 Å². The molecule has 5 nitrogen and oxygen atoms in total. The lowest BCUT2D eigenvalue weighted by Crippen LogP contribution is -2.32. The Hall–Kier alpha value is -5.81. The Morgan fingerprint density at radius 2 is 1.17 bits per heavy atom. The Bertz CT molecular complexity index is 2250. The van der Waals surface area contributed by atoms with E-state index in [2.05, 4.69) is 68.5 Å². The molecule has 47 heavy (non-hydrogen) atoms. The molecule has 226 valence electrons. The quantitative estimate of drug-likeness (QED) is 0.199. The number of aromatic nitrogens is 3. The molecule has 0 bridgehead atoms. The fourth-order valence-corrected chi connectivity index (χ4v) is 7.21. The summed E-state index contributed by atoms with van der Waals surface area (Å²) in [6.07, 6.45) is 2.69. The van der Waals surface area contributed by atoms with Crippen molar-refractivity contribution in [2.45, 2.75) is 31.8 Å². The first-order valence-electron chi connectivity index (χ1n) is 16.0. The van der Waals surface area contributed by atoms with Gasteiger partial charge in [0.1, 0.15) is 5.76 Å². The van der Waals surface area contributed by atoms with E-state index in [4.69, 9.17) is 24.4 Å². The zero-order chi connectivity index (χ0) is 31.5. The molecule has 0 amide bonds. The first-order chi connectivity index (χ1) is 23.0. The van der Waals surface area contributed by atoms with Crippen LogP contribution in [0.15, 0.2) is 145 Å². The van der Waals surface area contributed by atoms with Gasteiger partial charge in [-0.25, -0.2) is 15.0 Å². The van der Waals surface area contributed by atoms with Gasteiger partial charge < -0.3 is 9.47 Å². The van der Waals surface area contributed by atoms with Gasteiger partial charge in [-0.05, 0) is 51.6 Å². The first kappa shape index (κ1) is 27.5. The highest BCUT2D eigenvalue weighted by atomic mass is 16.6. The molecule has 3 aliphatic rings. The third kappa shape index (κ3) is 4.50. The minimum Gasteiger partial charge on any atom is -0.477 e. The molecule has 2 aliphatic carbocycles. The second kappa shape index (κ2) is 10.6. The van der Waals surface area contributed by atoms with Gasteiger partial charge in [0.2, 0.25) is 0 Å². The van der Waals surface area contributed by atoms with E-state index in [-0.39, 0.29) is 11.5 Å². The molecule has 0 radical (unpaired) electrons. The second-order valence-electron chi connectivity index (χ2n) is 12.7. The monoisotopic (exact) mass is 609 g/mol. The molecule has 6 aromatic rings. The van der Waals surface area contributed by atoms with Gasteiger partial charge in [-0.15, -0.1) is 0 Å². The second-order valence-corrected chi connectivity index (χ2v) is 12.7. The largest absolute Gasteiger partial charge is 0.477 e. The van der Waals surface area contributed by atoms with Crippen LogP contribution in [0.5, 0.6) is 11.5 Å². The molecule has 1 aliphatic heterocycles. The molecule has 9 rings (SSSR count). The summed E-state index contributed by atoms with van der Waals surface area (Å²) in [6.45, 7) is 4.61. The van der Waals surface area contributed by atoms with Gasteiger partial charge in [0.05, 0.1) is 5.56 Å². The average Bonchev–Trinajstić information content (AvgIpc) is 3.35. The Morgan fingerprint density at radius 1 is 0.574 bits per heavy atom. The predicted octanol–water partition coefficient (Wildman–Crippen LogP) is 9.71. The van der Waals surface area contributed by atoms with Crippen LogP contribution >= 0.6 is 0 Å². The highest BCUT2D eigenvalue weighted by Crippen LogP contribution is 2.53. The Kier molecular flexibility index (Phi) is 6.22. The lowest BCUT2D eigenvalue weighted by atomic mass is 9.78. The van der Waals surface area contributed by atoms with E-state index in [0.29, 0.717) is 29.0 Å². The number of benzene rings is 5. The Morgan fingerprint density at radius 3 is 1.94 bits per heavy atom. The molecule has 5 aromatic carbocycles.